The van der Waals surface area contributed by atoms with Gasteiger partial charge < -0.3 is 15.2 Å². The van der Waals surface area contributed by atoms with Crippen molar-refractivity contribution in [1.82, 2.24) is 10.2 Å². The third kappa shape index (κ3) is 3.43. The van der Waals surface area contributed by atoms with Crippen molar-refractivity contribution in [1.29, 1.82) is 0 Å². The van der Waals surface area contributed by atoms with Crippen molar-refractivity contribution in [3.63, 3.8) is 0 Å². The molecule has 0 aromatic heterocycles. The molecule has 0 spiro atoms. The highest BCUT2D eigenvalue weighted by Crippen LogP contribution is 2.18. The fraction of sp³-hybridized carbons (Fsp3) is 0.909. The van der Waals surface area contributed by atoms with E-state index in [2.05, 4.69) is 24.1 Å². The fourth-order valence-electron chi connectivity index (χ4n) is 1.93. The van der Waals surface area contributed by atoms with Crippen molar-refractivity contribution in [3.8, 4) is 0 Å². The van der Waals surface area contributed by atoms with Crippen LogP contribution in [0.15, 0.2) is 0 Å². The van der Waals surface area contributed by atoms with E-state index in [-0.39, 0.29) is 5.54 Å². The van der Waals surface area contributed by atoms with Crippen molar-refractivity contribution in [2.24, 2.45) is 0 Å². The lowest BCUT2D eigenvalue weighted by Crippen LogP contribution is -2.58. The lowest BCUT2D eigenvalue weighted by molar-refractivity contribution is -0.141. The summed E-state index contributed by atoms with van der Waals surface area (Å²) in [6.45, 7) is 9.41. The molecule has 0 aromatic rings. The van der Waals surface area contributed by atoms with Gasteiger partial charge in [0.2, 0.25) is 0 Å². The number of carboxylic acids is 1. The van der Waals surface area contributed by atoms with E-state index < -0.39 is 12.0 Å². The maximum Gasteiger partial charge on any atom is 0.322 e. The van der Waals surface area contributed by atoms with E-state index in [1.165, 1.54) is 0 Å². The molecule has 94 valence electrons. The lowest BCUT2D eigenvalue weighted by atomic mass is 10.0. The van der Waals surface area contributed by atoms with Crippen molar-refractivity contribution < 1.29 is 14.6 Å². The Kier molecular flexibility index (Phi) is 4.70. The van der Waals surface area contributed by atoms with Gasteiger partial charge in [0.1, 0.15) is 6.04 Å². The summed E-state index contributed by atoms with van der Waals surface area (Å²) in [6.07, 6.45) is 0. The predicted molar refractivity (Wildman–Crippen MR) is 61.6 cm³/mol. The van der Waals surface area contributed by atoms with E-state index in [1.54, 1.807) is 0 Å². The first-order chi connectivity index (χ1) is 7.47. The van der Waals surface area contributed by atoms with Gasteiger partial charge in [-0.15, -0.1) is 0 Å². The second-order valence-corrected chi connectivity index (χ2v) is 4.76. The molecule has 0 amide bonds. The van der Waals surface area contributed by atoms with Crippen molar-refractivity contribution in [3.05, 3.63) is 0 Å². The number of ether oxygens (including phenoxy) is 1. The van der Waals surface area contributed by atoms with Crippen LogP contribution in [0.1, 0.15) is 20.8 Å². The summed E-state index contributed by atoms with van der Waals surface area (Å²) < 4.78 is 5.41. The van der Waals surface area contributed by atoms with Gasteiger partial charge in [-0.05, 0) is 20.4 Å². The van der Waals surface area contributed by atoms with Crippen LogP contribution in [0, 0.1) is 0 Å². The summed E-state index contributed by atoms with van der Waals surface area (Å²) in [5.74, 6) is -0.788. The third-order valence-electron chi connectivity index (χ3n) is 2.97. The second kappa shape index (κ2) is 5.61. The summed E-state index contributed by atoms with van der Waals surface area (Å²) in [5, 5.41) is 12.1. The molecule has 5 nitrogen and oxygen atoms in total. The summed E-state index contributed by atoms with van der Waals surface area (Å²) in [7, 11) is 0. The molecule has 1 unspecified atom stereocenters. The Balaban J connectivity index is 2.58. The number of aliphatic carboxylic acids is 1. The van der Waals surface area contributed by atoms with Crippen LogP contribution in [0.4, 0.5) is 0 Å². The second-order valence-electron chi connectivity index (χ2n) is 4.76. The van der Waals surface area contributed by atoms with Gasteiger partial charge in [-0.2, -0.15) is 0 Å². The fourth-order valence-corrected chi connectivity index (χ4v) is 1.93. The molecular weight excluding hydrogens is 208 g/mol. The Morgan fingerprint density at radius 1 is 1.62 bits per heavy atom. The first kappa shape index (κ1) is 13.4. The zero-order valence-corrected chi connectivity index (χ0v) is 10.3. The highest BCUT2D eigenvalue weighted by molar-refractivity contribution is 5.73. The average Bonchev–Trinajstić information content (AvgIpc) is 2.19. The SMILES string of the molecule is CCNC(CN1CCOCC1(C)C)C(=O)O. The van der Waals surface area contributed by atoms with Gasteiger partial charge in [0, 0.05) is 18.6 Å². The summed E-state index contributed by atoms with van der Waals surface area (Å²) in [4.78, 5) is 13.2. The van der Waals surface area contributed by atoms with Crippen LogP contribution >= 0.6 is 0 Å². The van der Waals surface area contributed by atoms with Gasteiger partial charge >= 0.3 is 5.97 Å². The molecule has 1 rings (SSSR count). The van der Waals surface area contributed by atoms with Gasteiger partial charge in [-0.1, -0.05) is 6.92 Å². The first-order valence-corrected chi connectivity index (χ1v) is 5.76. The van der Waals surface area contributed by atoms with Gasteiger partial charge in [-0.3, -0.25) is 9.69 Å². The Morgan fingerprint density at radius 3 is 2.81 bits per heavy atom. The maximum absolute atomic E-state index is 11.1. The first-order valence-electron chi connectivity index (χ1n) is 5.76. The zero-order valence-electron chi connectivity index (χ0n) is 10.3. The molecule has 1 saturated heterocycles. The molecule has 1 aliphatic rings. The number of rotatable bonds is 5. The number of likely N-dealkylation sites (N-methyl/N-ethyl adjacent to an activating group) is 1. The number of hydrogen-bond donors (Lipinski definition) is 2. The summed E-state index contributed by atoms with van der Waals surface area (Å²) >= 11 is 0. The molecule has 1 aliphatic heterocycles. The van der Waals surface area contributed by atoms with Crippen LogP contribution in [-0.2, 0) is 9.53 Å². The molecular formula is C11H22N2O3. The van der Waals surface area contributed by atoms with Crippen molar-refractivity contribution >= 4 is 5.97 Å². The van der Waals surface area contributed by atoms with Crippen molar-refractivity contribution in [2.45, 2.75) is 32.4 Å². The molecule has 0 aliphatic carbocycles. The molecule has 16 heavy (non-hydrogen) atoms. The van der Waals surface area contributed by atoms with Crippen LogP contribution in [0.3, 0.4) is 0 Å². The number of carboxylic acid groups (broad SMARTS) is 1. The highest BCUT2D eigenvalue weighted by atomic mass is 16.5. The van der Waals surface area contributed by atoms with E-state index in [0.717, 1.165) is 6.54 Å². The molecule has 5 heteroatoms. The number of nitrogens with one attached hydrogen (secondary N) is 1. The van der Waals surface area contributed by atoms with Crippen LogP contribution in [0.5, 0.6) is 0 Å². The normalized spacial score (nSPS) is 22.9. The Morgan fingerprint density at radius 2 is 2.31 bits per heavy atom. The molecule has 0 radical (unpaired) electrons. The van der Waals surface area contributed by atoms with Gasteiger partial charge in [0.15, 0.2) is 0 Å². The van der Waals surface area contributed by atoms with Crippen LogP contribution in [0.2, 0.25) is 0 Å². The lowest BCUT2D eigenvalue weighted by Gasteiger charge is -2.43. The maximum atomic E-state index is 11.1. The van der Waals surface area contributed by atoms with E-state index >= 15 is 0 Å². The number of morpholine rings is 1. The Hall–Kier alpha value is -0.650. The topological polar surface area (TPSA) is 61.8 Å². The number of hydrogen-bond acceptors (Lipinski definition) is 4. The monoisotopic (exact) mass is 230 g/mol. The van der Waals surface area contributed by atoms with Crippen LogP contribution in [-0.4, -0.2) is 60.4 Å². The minimum Gasteiger partial charge on any atom is -0.480 e. The molecule has 0 aromatic carbocycles. The minimum absolute atomic E-state index is 0.0820. The van der Waals surface area contributed by atoms with Gasteiger partial charge in [0.05, 0.1) is 13.2 Å². The molecule has 0 saturated carbocycles. The van der Waals surface area contributed by atoms with E-state index in [4.69, 9.17) is 9.84 Å². The molecule has 1 fully saturated rings. The molecule has 0 bridgehead atoms. The van der Waals surface area contributed by atoms with E-state index in [9.17, 15) is 4.79 Å². The van der Waals surface area contributed by atoms with Crippen LogP contribution < -0.4 is 5.32 Å². The molecule has 2 N–H and O–H groups in total. The Bertz CT molecular complexity index is 243. The molecule has 1 heterocycles. The van der Waals surface area contributed by atoms with E-state index in [0.29, 0.717) is 26.3 Å². The largest absolute Gasteiger partial charge is 0.480 e. The standard InChI is InChI=1S/C11H22N2O3/c1-4-12-9(10(14)15)7-13-5-6-16-8-11(13,2)3/h9,12H,4-8H2,1-3H3,(H,14,15). The van der Waals surface area contributed by atoms with Crippen LogP contribution in [0.25, 0.3) is 0 Å². The number of nitrogens with zero attached hydrogens (tertiary/aromatic N) is 1. The van der Waals surface area contributed by atoms with E-state index in [1.807, 2.05) is 6.92 Å². The molecule has 1 atom stereocenters. The summed E-state index contributed by atoms with van der Waals surface area (Å²) in [5.41, 5.74) is -0.0820. The minimum atomic E-state index is -0.788. The highest BCUT2D eigenvalue weighted by Gasteiger charge is 2.33. The average molecular weight is 230 g/mol. The van der Waals surface area contributed by atoms with Gasteiger partial charge in [0.25, 0.3) is 0 Å². The van der Waals surface area contributed by atoms with Crippen molar-refractivity contribution in [2.75, 3.05) is 32.8 Å². The zero-order chi connectivity index (χ0) is 12.2. The third-order valence-corrected chi connectivity index (χ3v) is 2.97. The quantitative estimate of drug-likeness (QED) is 0.704. The van der Waals surface area contributed by atoms with Gasteiger partial charge in [-0.25, -0.2) is 0 Å². The summed E-state index contributed by atoms with van der Waals surface area (Å²) in [6, 6.07) is -0.498. The Labute approximate surface area is 96.8 Å². The number of carbonyl (C=O) groups is 1. The predicted octanol–water partition coefficient (Wildman–Crippen LogP) is 0.160. The smallest absolute Gasteiger partial charge is 0.322 e.